The molecule has 38 heavy (non-hydrogen) atoms. The van der Waals surface area contributed by atoms with E-state index in [0.717, 1.165) is 5.56 Å². The average molecular weight is 581 g/mol. The van der Waals surface area contributed by atoms with Crippen molar-refractivity contribution in [2.45, 2.75) is 11.4 Å². The molecule has 5 N–H and O–H groups in total. The SMILES string of the molecule is COc1cccc(S(=O)(=O)Cl)c1.Cl.Nc1c[nH]c2c(C(=O)NCc3ccc4c(c3)NC(=O)CO4)ncnc12. The number of nitrogens with one attached hydrogen (secondary N) is 3. The molecule has 0 aliphatic carbocycles. The minimum Gasteiger partial charge on any atom is -0.497 e. The van der Waals surface area contributed by atoms with Gasteiger partial charge < -0.3 is 30.8 Å². The van der Waals surface area contributed by atoms with Crippen LogP contribution in [0, 0.1) is 0 Å². The zero-order chi connectivity index (χ0) is 26.6. The molecule has 0 atom stereocenters. The van der Waals surface area contributed by atoms with Crippen LogP contribution in [-0.2, 0) is 20.4 Å². The number of nitrogen functional groups attached to an aromatic ring is 1. The summed E-state index contributed by atoms with van der Waals surface area (Å²) >= 11 is 0. The number of fused-ring (bicyclic) bond motifs is 2. The van der Waals surface area contributed by atoms with Crippen molar-refractivity contribution in [2.24, 2.45) is 0 Å². The van der Waals surface area contributed by atoms with Crippen molar-refractivity contribution >= 4 is 66.4 Å². The van der Waals surface area contributed by atoms with Gasteiger partial charge in [0.25, 0.3) is 20.9 Å². The fourth-order valence-corrected chi connectivity index (χ4v) is 4.18. The van der Waals surface area contributed by atoms with Crippen LogP contribution in [0.15, 0.2) is 59.9 Å². The first-order chi connectivity index (χ1) is 17.7. The van der Waals surface area contributed by atoms with Crippen LogP contribution in [-0.4, -0.2) is 48.9 Å². The number of aromatic amines is 1. The number of anilines is 2. The van der Waals surface area contributed by atoms with Crippen molar-refractivity contribution in [1.82, 2.24) is 20.3 Å². The van der Waals surface area contributed by atoms with Gasteiger partial charge in [-0.1, -0.05) is 12.1 Å². The fraction of sp³-hybridized carbons (Fsp3) is 0.130. The Morgan fingerprint density at radius 1 is 1.24 bits per heavy atom. The summed E-state index contributed by atoms with van der Waals surface area (Å²) in [6.07, 6.45) is 2.87. The molecule has 1 aliphatic heterocycles. The zero-order valence-corrected chi connectivity index (χ0v) is 22.1. The highest BCUT2D eigenvalue weighted by Gasteiger charge is 2.18. The molecule has 0 saturated heterocycles. The smallest absolute Gasteiger partial charge is 0.272 e. The molecule has 2 aromatic carbocycles. The minimum absolute atomic E-state index is 0. The van der Waals surface area contributed by atoms with Crippen LogP contribution in [0.3, 0.4) is 0 Å². The van der Waals surface area contributed by atoms with Crippen LogP contribution < -0.4 is 25.8 Å². The maximum absolute atomic E-state index is 12.4. The van der Waals surface area contributed by atoms with Crippen LogP contribution >= 0.6 is 23.1 Å². The van der Waals surface area contributed by atoms with Gasteiger partial charge >= 0.3 is 0 Å². The summed E-state index contributed by atoms with van der Waals surface area (Å²) in [4.78, 5) is 34.8. The summed E-state index contributed by atoms with van der Waals surface area (Å²) in [7, 11) is 2.92. The quantitative estimate of drug-likeness (QED) is 0.258. The molecule has 12 nitrogen and oxygen atoms in total. The molecule has 0 saturated carbocycles. The van der Waals surface area contributed by atoms with Gasteiger partial charge in [0.2, 0.25) is 0 Å². The van der Waals surface area contributed by atoms with Crippen LogP contribution in [0.5, 0.6) is 11.5 Å². The molecular formula is C23H22Cl2N6O6S. The topological polar surface area (TPSA) is 178 Å². The largest absolute Gasteiger partial charge is 0.497 e. The number of ether oxygens (including phenoxy) is 2. The number of halogens is 2. The molecule has 15 heteroatoms. The number of H-pyrrole nitrogens is 1. The third-order valence-corrected chi connectivity index (χ3v) is 6.51. The molecule has 5 rings (SSSR count). The molecule has 4 aromatic rings. The summed E-state index contributed by atoms with van der Waals surface area (Å²) in [6.45, 7) is 0.274. The molecule has 0 unspecified atom stereocenters. The van der Waals surface area contributed by atoms with Crippen molar-refractivity contribution in [3.8, 4) is 11.5 Å². The summed E-state index contributed by atoms with van der Waals surface area (Å²) in [6, 6.07) is 11.3. The zero-order valence-electron chi connectivity index (χ0n) is 19.7. The first-order valence-electron chi connectivity index (χ1n) is 10.7. The number of nitrogens with zero attached hydrogens (tertiary/aromatic N) is 2. The predicted molar refractivity (Wildman–Crippen MR) is 143 cm³/mol. The number of methoxy groups -OCH3 is 1. The van der Waals surface area contributed by atoms with Crippen LogP contribution in [0.25, 0.3) is 11.0 Å². The first-order valence-corrected chi connectivity index (χ1v) is 13.0. The third-order valence-electron chi connectivity index (χ3n) is 5.16. The monoisotopic (exact) mass is 580 g/mol. The van der Waals surface area contributed by atoms with Gasteiger partial charge in [0, 0.05) is 29.5 Å². The lowest BCUT2D eigenvalue weighted by atomic mass is 10.1. The Kier molecular flexibility index (Phi) is 8.99. The molecule has 3 heterocycles. The second kappa shape index (κ2) is 12.0. The third kappa shape index (κ3) is 6.62. The molecule has 0 radical (unpaired) electrons. The number of amides is 2. The fourth-order valence-electron chi connectivity index (χ4n) is 3.39. The van der Waals surface area contributed by atoms with E-state index in [2.05, 4.69) is 25.6 Å². The van der Waals surface area contributed by atoms with Gasteiger partial charge in [0.1, 0.15) is 23.3 Å². The Bertz CT molecular complexity index is 1590. The lowest BCUT2D eigenvalue weighted by molar-refractivity contribution is -0.118. The molecule has 0 bridgehead atoms. The maximum Gasteiger partial charge on any atom is 0.272 e. The number of rotatable bonds is 5. The van der Waals surface area contributed by atoms with Gasteiger partial charge in [-0.2, -0.15) is 0 Å². The molecule has 0 fully saturated rings. The number of hydrogen-bond donors (Lipinski definition) is 4. The van der Waals surface area contributed by atoms with E-state index in [4.69, 9.17) is 25.9 Å². The molecule has 2 aromatic heterocycles. The Balaban J connectivity index is 0.000000262. The normalized spacial score (nSPS) is 12.1. The highest BCUT2D eigenvalue weighted by Crippen LogP contribution is 2.28. The van der Waals surface area contributed by atoms with Crippen LogP contribution in [0.2, 0.25) is 0 Å². The summed E-state index contributed by atoms with van der Waals surface area (Å²) in [5.41, 5.74) is 8.86. The Morgan fingerprint density at radius 3 is 2.76 bits per heavy atom. The second-order valence-corrected chi connectivity index (χ2v) is 10.2. The number of carbonyl (C=O) groups is 2. The molecule has 1 aliphatic rings. The van der Waals surface area contributed by atoms with Crippen molar-refractivity contribution in [1.29, 1.82) is 0 Å². The first kappa shape index (κ1) is 28.5. The molecule has 2 amide bonds. The Morgan fingerprint density at radius 2 is 2.03 bits per heavy atom. The van der Waals surface area contributed by atoms with E-state index in [1.807, 2.05) is 6.07 Å². The standard InChI is InChI=1S/C16H14N6O3.C7H7ClO3S.ClH/c17-9-5-18-14-13(9)20-7-21-15(14)16(24)19-4-8-1-2-11-10(3-8)22-12(23)6-25-11;1-11-6-3-2-4-7(5-6)12(8,9)10;/h1-3,5,7,18H,4,6,17H2,(H,19,24)(H,22,23);2-5H,1H3;1H. The van der Waals surface area contributed by atoms with Crippen LogP contribution in [0.1, 0.15) is 16.1 Å². The number of benzene rings is 2. The van der Waals surface area contributed by atoms with Crippen molar-refractivity contribution in [3.63, 3.8) is 0 Å². The van der Waals surface area contributed by atoms with E-state index >= 15 is 0 Å². The summed E-state index contributed by atoms with van der Waals surface area (Å²) in [5.74, 6) is 0.513. The highest BCUT2D eigenvalue weighted by molar-refractivity contribution is 8.13. The number of carbonyl (C=O) groups excluding carboxylic acids is 2. The van der Waals surface area contributed by atoms with Gasteiger partial charge in [-0.25, -0.2) is 18.4 Å². The lowest BCUT2D eigenvalue weighted by Crippen LogP contribution is -2.26. The highest BCUT2D eigenvalue weighted by atomic mass is 35.7. The number of hydrogen-bond acceptors (Lipinski definition) is 9. The Hall–Kier alpha value is -4.07. The number of nitrogens with two attached hydrogens (primary N) is 1. The second-order valence-electron chi connectivity index (χ2n) is 7.66. The summed E-state index contributed by atoms with van der Waals surface area (Å²) < 4.78 is 31.8. The van der Waals surface area contributed by atoms with E-state index in [1.54, 1.807) is 30.5 Å². The van der Waals surface area contributed by atoms with E-state index in [0.29, 0.717) is 33.9 Å². The van der Waals surface area contributed by atoms with Crippen molar-refractivity contribution < 1.29 is 27.5 Å². The van der Waals surface area contributed by atoms with E-state index in [-0.39, 0.29) is 48.0 Å². The van der Waals surface area contributed by atoms with Gasteiger partial charge in [-0.3, -0.25) is 9.59 Å². The van der Waals surface area contributed by atoms with Crippen molar-refractivity contribution in [2.75, 3.05) is 24.8 Å². The predicted octanol–water partition coefficient (Wildman–Crippen LogP) is 2.85. The van der Waals surface area contributed by atoms with Crippen LogP contribution in [0.4, 0.5) is 11.4 Å². The van der Waals surface area contributed by atoms with E-state index in [9.17, 15) is 18.0 Å². The van der Waals surface area contributed by atoms with E-state index < -0.39 is 9.05 Å². The minimum atomic E-state index is -3.64. The van der Waals surface area contributed by atoms with E-state index in [1.165, 1.54) is 25.6 Å². The van der Waals surface area contributed by atoms with Gasteiger partial charge in [-0.15, -0.1) is 12.4 Å². The average Bonchev–Trinajstić information content (AvgIpc) is 3.27. The van der Waals surface area contributed by atoms with Gasteiger partial charge in [0.05, 0.1) is 28.9 Å². The lowest BCUT2D eigenvalue weighted by Gasteiger charge is -2.18. The number of aromatic nitrogens is 3. The molecule has 0 spiro atoms. The Labute approximate surface area is 227 Å². The maximum atomic E-state index is 12.4. The molecule has 200 valence electrons. The van der Waals surface area contributed by atoms with Crippen molar-refractivity contribution in [3.05, 3.63) is 66.2 Å². The molecular weight excluding hydrogens is 559 g/mol. The van der Waals surface area contributed by atoms with Gasteiger partial charge in [0.15, 0.2) is 12.3 Å². The summed E-state index contributed by atoms with van der Waals surface area (Å²) in [5, 5.41) is 5.52. The van der Waals surface area contributed by atoms with Gasteiger partial charge in [-0.05, 0) is 29.8 Å².